The van der Waals surface area contributed by atoms with Crippen molar-refractivity contribution in [1.82, 2.24) is 4.90 Å². The minimum absolute atomic E-state index is 0.0293. The smallest absolute Gasteiger partial charge is 0.291 e. The Morgan fingerprint density at radius 2 is 1.60 bits per heavy atom. The van der Waals surface area contributed by atoms with E-state index in [2.05, 4.69) is 10.2 Å². The number of methoxy groups -OCH3 is 1. The van der Waals surface area contributed by atoms with Crippen molar-refractivity contribution in [1.29, 1.82) is 0 Å². The molecule has 8 heteroatoms. The molecule has 178 valence electrons. The number of hydrogen-bond donors (Lipinski definition) is 1. The van der Waals surface area contributed by atoms with Crippen molar-refractivity contribution in [2.24, 2.45) is 0 Å². The standard InChI is InChI=1S/C27H24FN3O4/c1-34-23-13-7-5-11-21(23)30-14-16-31(17-15-30)27(33)25-24(19-9-3-6-12-22(19)35-25)29-26(32)18-8-2-4-10-20(18)28/h2-13H,14-17H2,1H3,(H,29,32). The molecule has 1 aromatic heterocycles. The van der Waals surface area contributed by atoms with E-state index in [-0.39, 0.29) is 22.9 Å². The third-order valence-corrected chi connectivity index (χ3v) is 6.14. The summed E-state index contributed by atoms with van der Waals surface area (Å²) in [5, 5.41) is 3.29. The van der Waals surface area contributed by atoms with Gasteiger partial charge in [-0.25, -0.2) is 4.39 Å². The van der Waals surface area contributed by atoms with Gasteiger partial charge in [-0.2, -0.15) is 0 Å². The van der Waals surface area contributed by atoms with Crippen molar-refractivity contribution in [3.63, 3.8) is 0 Å². The van der Waals surface area contributed by atoms with Crippen LogP contribution in [0.2, 0.25) is 0 Å². The van der Waals surface area contributed by atoms with Crippen molar-refractivity contribution < 1.29 is 23.1 Å². The molecule has 4 aromatic rings. The molecule has 1 aliphatic rings. The number of fused-ring (bicyclic) bond motifs is 1. The molecule has 0 radical (unpaired) electrons. The first kappa shape index (κ1) is 22.5. The largest absolute Gasteiger partial charge is 0.495 e. The molecule has 0 spiro atoms. The average Bonchev–Trinajstić information content (AvgIpc) is 3.26. The van der Waals surface area contributed by atoms with Crippen LogP contribution >= 0.6 is 0 Å². The zero-order valence-electron chi connectivity index (χ0n) is 19.2. The van der Waals surface area contributed by atoms with Crippen LogP contribution in [0.5, 0.6) is 5.75 Å². The molecule has 35 heavy (non-hydrogen) atoms. The summed E-state index contributed by atoms with van der Waals surface area (Å²) < 4.78 is 25.6. The molecule has 1 saturated heterocycles. The molecule has 0 aliphatic carbocycles. The van der Waals surface area contributed by atoms with Crippen LogP contribution in [0, 0.1) is 5.82 Å². The molecule has 7 nitrogen and oxygen atoms in total. The van der Waals surface area contributed by atoms with Gasteiger partial charge < -0.3 is 24.3 Å². The lowest BCUT2D eigenvalue weighted by Crippen LogP contribution is -2.49. The average molecular weight is 474 g/mol. The van der Waals surface area contributed by atoms with E-state index in [9.17, 15) is 14.0 Å². The number of carbonyl (C=O) groups is 2. The maximum atomic E-state index is 14.2. The number of hydrogen-bond acceptors (Lipinski definition) is 5. The third-order valence-electron chi connectivity index (χ3n) is 6.14. The van der Waals surface area contributed by atoms with Crippen molar-refractivity contribution >= 4 is 34.2 Å². The highest BCUT2D eigenvalue weighted by Gasteiger charge is 2.30. The van der Waals surface area contributed by atoms with E-state index < -0.39 is 11.7 Å². The fourth-order valence-electron chi connectivity index (χ4n) is 4.33. The van der Waals surface area contributed by atoms with Gasteiger partial charge in [0.1, 0.15) is 22.8 Å². The van der Waals surface area contributed by atoms with E-state index in [1.54, 1.807) is 42.3 Å². The predicted molar refractivity (Wildman–Crippen MR) is 132 cm³/mol. The van der Waals surface area contributed by atoms with Gasteiger partial charge in [0.15, 0.2) is 0 Å². The number of nitrogens with zero attached hydrogens (tertiary/aromatic N) is 2. The van der Waals surface area contributed by atoms with Crippen LogP contribution in [-0.4, -0.2) is 50.0 Å². The molecule has 1 fully saturated rings. The lowest BCUT2D eigenvalue weighted by molar-refractivity contribution is 0.0718. The van der Waals surface area contributed by atoms with E-state index >= 15 is 0 Å². The molecular formula is C27H24FN3O4. The van der Waals surface area contributed by atoms with Crippen molar-refractivity contribution in [2.75, 3.05) is 43.5 Å². The lowest BCUT2D eigenvalue weighted by Gasteiger charge is -2.36. The normalized spacial score (nSPS) is 13.7. The van der Waals surface area contributed by atoms with Crippen LogP contribution < -0.4 is 15.0 Å². The minimum atomic E-state index is -0.648. The van der Waals surface area contributed by atoms with Crippen LogP contribution in [0.3, 0.4) is 0 Å². The van der Waals surface area contributed by atoms with Gasteiger partial charge in [-0.15, -0.1) is 0 Å². The molecule has 0 saturated carbocycles. The highest BCUT2D eigenvalue weighted by molar-refractivity contribution is 6.14. The van der Waals surface area contributed by atoms with Gasteiger partial charge in [-0.05, 0) is 36.4 Å². The quantitative estimate of drug-likeness (QED) is 0.451. The third kappa shape index (κ3) is 4.30. The maximum absolute atomic E-state index is 14.2. The van der Waals surface area contributed by atoms with Crippen molar-refractivity contribution in [3.05, 3.63) is 89.9 Å². The highest BCUT2D eigenvalue weighted by atomic mass is 19.1. The van der Waals surface area contributed by atoms with Crippen LogP contribution in [0.4, 0.5) is 15.8 Å². The zero-order chi connectivity index (χ0) is 24.4. The van der Waals surface area contributed by atoms with E-state index in [1.807, 2.05) is 24.3 Å². The number of nitrogens with one attached hydrogen (secondary N) is 1. The van der Waals surface area contributed by atoms with Gasteiger partial charge in [0.25, 0.3) is 11.8 Å². The lowest BCUT2D eigenvalue weighted by atomic mass is 10.1. The second kappa shape index (κ2) is 9.50. The summed E-state index contributed by atoms with van der Waals surface area (Å²) in [6.45, 7) is 2.16. The van der Waals surface area contributed by atoms with Crippen LogP contribution in [-0.2, 0) is 0 Å². The number of anilines is 2. The topological polar surface area (TPSA) is 75.0 Å². The van der Waals surface area contributed by atoms with Crippen molar-refractivity contribution in [3.8, 4) is 5.75 Å². The van der Waals surface area contributed by atoms with Gasteiger partial charge in [0.05, 0.1) is 18.4 Å². The van der Waals surface area contributed by atoms with E-state index in [4.69, 9.17) is 9.15 Å². The number of carbonyl (C=O) groups excluding carboxylic acids is 2. The summed E-state index contributed by atoms with van der Waals surface area (Å²) in [7, 11) is 1.64. The Kier molecular flexibility index (Phi) is 6.10. The Hall–Kier alpha value is -4.33. The summed E-state index contributed by atoms with van der Waals surface area (Å²) >= 11 is 0. The van der Waals surface area contributed by atoms with Gasteiger partial charge in [-0.1, -0.05) is 36.4 Å². The van der Waals surface area contributed by atoms with Crippen molar-refractivity contribution in [2.45, 2.75) is 0 Å². The number of benzene rings is 3. The van der Waals surface area contributed by atoms with Gasteiger partial charge in [0.2, 0.25) is 5.76 Å². The molecule has 5 rings (SSSR count). The molecule has 3 aromatic carbocycles. The van der Waals surface area contributed by atoms with Crippen LogP contribution in [0.15, 0.2) is 77.2 Å². The number of rotatable bonds is 5. The number of furan rings is 1. The molecule has 0 bridgehead atoms. The second-order valence-electron chi connectivity index (χ2n) is 8.19. The molecule has 2 amide bonds. The predicted octanol–water partition coefficient (Wildman–Crippen LogP) is 4.80. The minimum Gasteiger partial charge on any atom is -0.495 e. The number of ether oxygens (including phenoxy) is 1. The zero-order valence-corrected chi connectivity index (χ0v) is 19.2. The number of para-hydroxylation sites is 3. The number of piperazine rings is 1. The van der Waals surface area contributed by atoms with E-state index in [0.717, 1.165) is 11.4 Å². The number of halogens is 1. The Balaban J connectivity index is 1.39. The fraction of sp³-hybridized carbons (Fsp3) is 0.185. The summed E-state index contributed by atoms with van der Waals surface area (Å²) in [4.78, 5) is 30.2. The molecule has 1 aliphatic heterocycles. The molecule has 0 atom stereocenters. The fourth-order valence-corrected chi connectivity index (χ4v) is 4.33. The Labute approximate surface area is 201 Å². The molecule has 2 heterocycles. The van der Waals surface area contributed by atoms with Gasteiger partial charge in [-0.3, -0.25) is 9.59 Å². The Morgan fingerprint density at radius 3 is 2.37 bits per heavy atom. The SMILES string of the molecule is COc1ccccc1N1CCN(C(=O)c2oc3ccccc3c2NC(=O)c2ccccc2F)CC1. The van der Waals surface area contributed by atoms with Gasteiger partial charge >= 0.3 is 0 Å². The second-order valence-corrected chi connectivity index (χ2v) is 8.19. The first-order valence-electron chi connectivity index (χ1n) is 11.3. The summed E-state index contributed by atoms with van der Waals surface area (Å²) in [5.41, 5.74) is 1.57. The monoisotopic (exact) mass is 473 g/mol. The first-order valence-corrected chi connectivity index (χ1v) is 11.3. The molecule has 0 unspecified atom stereocenters. The van der Waals surface area contributed by atoms with E-state index in [0.29, 0.717) is 37.1 Å². The summed E-state index contributed by atoms with van der Waals surface area (Å²) in [6.07, 6.45) is 0. The summed E-state index contributed by atoms with van der Waals surface area (Å²) in [6, 6.07) is 20.5. The molecule has 1 N–H and O–H groups in total. The van der Waals surface area contributed by atoms with Crippen LogP contribution in [0.1, 0.15) is 20.9 Å². The highest BCUT2D eigenvalue weighted by Crippen LogP contribution is 2.33. The maximum Gasteiger partial charge on any atom is 0.291 e. The number of amides is 2. The van der Waals surface area contributed by atoms with Gasteiger partial charge in [0, 0.05) is 31.6 Å². The Bertz CT molecular complexity index is 1390. The molecular weight excluding hydrogens is 449 g/mol. The Morgan fingerprint density at radius 1 is 0.914 bits per heavy atom. The first-order chi connectivity index (χ1) is 17.1. The van der Waals surface area contributed by atoms with Crippen LogP contribution in [0.25, 0.3) is 11.0 Å². The van der Waals surface area contributed by atoms with E-state index in [1.165, 1.54) is 18.2 Å². The summed E-state index contributed by atoms with van der Waals surface area (Å²) in [5.74, 6) is -0.808.